The summed E-state index contributed by atoms with van der Waals surface area (Å²) in [4.78, 5) is 29.5. The molecule has 0 fully saturated rings. The lowest BCUT2D eigenvalue weighted by Gasteiger charge is -2.06. The van der Waals surface area contributed by atoms with E-state index in [4.69, 9.17) is 10.8 Å². The van der Waals surface area contributed by atoms with E-state index in [-0.39, 0.29) is 5.69 Å². The van der Waals surface area contributed by atoms with Crippen LogP contribution in [0.15, 0.2) is 36.7 Å². The summed E-state index contributed by atoms with van der Waals surface area (Å²) in [5, 5.41) is 11.7. The van der Waals surface area contributed by atoms with Gasteiger partial charge in [-0.25, -0.2) is 14.8 Å². The van der Waals surface area contributed by atoms with Crippen LogP contribution in [-0.4, -0.2) is 27.0 Å². The Hall–Kier alpha value is -2.96. The van der Waals surface area contributed by atoms with Gasteiger partial charge in [-0.05, 0) is 23.8 Å². The van der Waals surface area contributed by atoms with Crippen molar-refractivity contribution in [1.29, 1.82) is 0 Å². The van der Waals surface area contributed by atoms with Gasteiger partial charge in [-0.2, -0.15) is 0 Å². The van der Waals surface area contributed by atoms with E-state index in [1.165, 1.54) is 24.5 Å². The maximum absolute atomic E-state index is 11.0. The number of nitrogens with two attached hydrogens (primary N) is 1. The van der Waals surface area contributed by atoms with Gasteiger partial charge < -0.3 is 16.2 Å². The highest BCUT2D eigenvalue weighted by Gasteiger charge is 2.05. The molecule has 7 nitrogen and oxygen atoms in total. The molecule has 0 radical (unpaired) electrons. The Morgan fingerprint density at radius 3 is 2.65 bits per heavy atom. The lowest BCUT2D eigenvalue weighted by Crippen LogP contribution is -2.12. The molecule has 0 saturated heterocycles. The molecule has 0 aromatic carbocycles. The summed E-state index contributed by atoms with van der Waals surface area (Å²) in [6.45, 7) is 0.405. The third kappa shape index (κ3) is 3.29. The van der Waals surface area contributed by atoms with Crippen LogP contribution < -0.4 is 11.1 Å². The highest BCUT2D eigenvalue weighted by Crippen LogP contribution is 2.08. The predicted molar refractivity (Wildman–Crippen MR) is 71.3 cm³/mol. The minimum Gasteiger partial charge on any atom is -0.477 e. The fourth-order valence-electron chi connectivity index (χ4n) is 1.53. The second-order valence-corrected chi connectivity index (χ2v) is 4.00. The maximum atomic E-state index is 11.0. The number of nitrogens with one attached hydrogen (secondary N) is 1. The van der Waals surface area contributed by atoms with Crippen molar-refractivity contribution in [3.8, 4) is 0 Å². The minimum absolute atomic E-state index is 0.0115. The van der Waals surface area contributed by atoms with Crippen LogP contribution >= 0.6 is 0 Å². The van der Waals surface area contributed by atoms with Gasteiger partial charge in [0.05, 0.1) is 0 Å². The molecule has 2 aromatic rings. The molecule has 0 aliphatic carbocycles. The molecule has 0 aliphatic rings. The summed E-state index contributed by atoms with van der Waals surface area (Å²) in [6.07, 6.45) is 2.95. The van der Waals surface area contributed by atoms with Crippen LogP contribution in [0.25, 0.3) is 0 Å². The quantitative estimate of drug-likeness (QED) is 0.743. The number of carboxylic acids is 1. The van der Waals surface area contributed by atoms with E-state index in [1.807, 2.05) is 0 Å². The molecule has 0 bridgehead atoms. The van der Waals surface area contributed by atoms with E-state index in [2.05, 4.69) is 15.3 Å². The summed E-state index contributed by atoms with van der Waals surface area (Å²) in [5.41, 5.74) is 6.32. The molecule has 20 heavy (non-hydrogen) atoms. The first-order chi connectivity index (χ1) is 9.56. The van der Waals surface area contributed by atoms with E-state index in [1.54, 1.807) is 12.1 Å². The molecule has 0 spiro atoms. The van der Waals surface area contributed by atoms with Crippen molar-refractivity contribution in [3.63, 3.8) is 0 Å². The van der Waals surface area contributed by atoms with E-state index in [0.717, 1.165) is 5.56 Å². The SMILES string of the molecule is NC(=O)c1ccnc(NCc2ccc(C(=O)O)nc2)c1. The maximum Gasteiger partial charge on any atom is 0.354 e. The zero-order chi connectivity index (χ0) is 14.5. The van der Waals surface area contributed by atoms with Crippen LogP contribution in [0.2, 0.25) is 0 Å². The van der Waals surface area contributed by atoms with E-state index < -0.39 is 11.9 Å². The molecular formula is C13H12N4O3. The van der Waals surface area contributed by atoms with Crippen LogP contribution in [0.4, 0.5) is 5.82 Å². The van der Waals surface area contributed by atoms with Crippen LogP contribution in [-0.2, 0) is 6.54 Å². The summed E-state index contributed by atoms with van der Waals surface area (Å²) in [6, 6.07) is 6.14. The lowest BCUT2D eigenvalue weighted by atomic mass is 10.2. The van der Waals surface area contributed by atoms with Crippen molar-refractivity contribution in [2.45, 2.75) is 6.54 Å². The fourth-order valence-corrected chi connectivity index (χ4v) is 1.53. The van der Waals surface area contributed by atoms with E-state index in [0.29, 0.717) is 17.9 Å². The Kier molecular flexibility index (Phi) is 3.90. The van der Waals surface area contributed by atoms with Gasteiger partial charge in [0.15, 0.2) is 0 Å². The third-order valence-electron chi connectivity index (χ3n) is 2.56. The lowest BCUT2D eigenvalue weighted by molar-refractivity contribution is 0.0690. The zero-order valence-corrected chi connectivity index (χ0v) is 10.4. The molecule has 2 aromatic heterocycles. The van der Waals surface area contributed by atoms with Gasteiger partial charge >= 0.3 is 5.97 Å². The largest absolute Gasteiger partial charge is 0.477 e. The van der Waals surface area contributed by atoms with Crippen LogP contribution in [0.1, 0.15) is 26.4 Å². The minimum atomic E-state index is -1.07. The predicted octanol–water partition coefficient (Wildman–Crippen LogP) is 0.886. The zero-order valence-electron chi connectivity index (χ0n) is 10.4. The van der Waals surface area contributed by atoms with Crippen molar-refractivity contribution in [1.82, 2.24) is 9.97 Å². The average Bonchev–Trinajstić information content (AvgIpc) is 2.46. The van der Waals surface area contributed by atoms with E-state index in [9.17, 15) is 9.59 Å². The molecule has 7 heteroatoms. The second kappa shape index (κ2) is 5.79. The normalized spacial score (nSPS) is 10.0. The summed E-state index contributed by atoms with van der Waals surface area (Å²) < 4.78 is 0. The molecule has 2 heterocycles. The van der Waals surface area contributed by atoms with Crippen molar-refractivity contribution in [2.24, 2.45) is 5.73 Å². The van der Waals surface area contributed by atoms with Crippen LogP contribution in [0.5, 0.6) is 0 Å². The molecule has 4 N–H and O–H groups in total. The average molecular weight is 272 g/mol. The topological polar surface area (TPSA) is 118 Å². The Morgan fingerprint density at radius 2 is 2.05 bits per heavy atom. The first-order valence-electron chi connectivity index (χ1n) is 5.74. The molecule has 102 valence electrons. The summed E-state index contributed by atoms with van der Waals surface area (Å²) in [7, 11) is 0. The number of carbonyl (C=O) groups is 2. The highest BCUT2D eigenvalue weighted by atomic mass is 16.4. The monoisotopic (exact) mass is 272 g/mol. The number of aromatic nitrogens is 2. The fraction of sp³-hybridized carbons (Fsp3) is 0.0769. The molecule has 1 amide bonds. The van der Waals surface area contributed by atoms with Gasteiger partial charge in [-0.3, -0.25) is 4.79 Å². The number of carboxylic acid groups (broad SMARTS) is 1. The molecule has 0 atom stereocenters. The van der Waals surface area contributed by atoms with Crippen molar-refractivity contribution in [2.75, 3.05) is 5.32 Å². The van der Waals surface area contributed by atoms with E-state index >= 15 is 0 Å². The number of nitrogens with zero attached hydrogens (tertiary/aromatic N) is 2. The van der Waals surface area contributed by atoms with Gasteiger partial charge in [0, 0.05) is 24.5 Å². The molecule has 0 unspecified atom stereocenters. The summed E-state index contributed by atoms with van der Waals surface area (Å²) in [5.74, 6) is -1.09. The number of primary amides is 1. The smallest absolute Gasteiger partial charge is 0.354 e. The summed E-state index contributed by atoms with van der Waals surface area (Å²) >= 11 is 0. The molecule has 0 saturated carbocycles. The third-order valence-corrected chi connectivity index (χ3v) is 2.56. The number of hydrogen-bond acceptors (Lipinski definition) is 5. The van der Waals surface area contributed by atoms with Crippen LogP contribution in [0.3, 0.4) is 0 Å². The van der Waals surface area contributed by atoms with Gasteiger partial charge in [0.25, 0.3) is 0 Å². The Labute approximate surface area is 114 Å². The number of hydrogen-bond donors (Lipinski definition) is 3. The van der Waals surface area contributed by atoms with Crippen molar-refractivity contribution >= 4 is 17.7 Å². The number of aromatic carboxylic acids is 1. The van der Waals surface area contributed by atoms with Crippen LogP contribution in [0, 0.1) is 0 Å². The Bertz CT molecular complexity index is 640. The van der Waals surface area contributed by atoms with Crippen molar-refractivity contribution in [3.05, 3.63) is 53.5 Å². The second-order valence-electron chi connectivity index (χ2n) is 4.00. The van der Waals surface area contributed by atoms with Crippen molar-refractivity contribution < 1.29 is 14.7 Å². The molecule has 0 aliphatic heterocycles. The van der Waals surface area contributed by atoms with Gasteiger partial charge in [0.1, 0.15) is 11.5 Å². The number of amides is 1. The van der Waals surface area contributed by atoms with Gasteiger partial charge in [0.2, 0.25) is 5.91 Å². The van der Waals surface area contributed by atoms with Gasteiger partial charge in [-0.15, -0.1) is 0 Å². The standard InChI is InChI=1S/C13H12N4O3/c14-12(18)9-3-4-15-11(5-9)17-7-8-1-2-10(13(19)20)16-6-8/h1-6H,7H2,(H2,14,18)(H,15,17)(H,19,20). The Morgan fingerprint density at radius 1 is 1.25 bits per heavy atom. The highest BCUT2D eigenvalue weighted by molar-refractivity contribution is 5.93. The Balaban J connectivity index is 2.03. The molecule has 2 rings (SSSR count). The number of pyridine rings is 2. The number of carbonyl (C=O) groups excluding carboxylic acids is 1. The number of anilines is 1. The van der Waals surface area contributed by atoms with Gasteiger partial charge in [-0.1, -0.05) is 6.07 Å². The first kappa shape index (κ1) is 13.5. The number of rotatable bonds is 5. The molecular weight excluding hydrogens is 260 g/mol. The first-order valence-corrected chi connectivity index (χ1v) is 5.74.